The second-order valence-electron chi connectivity index (χ2n) is 7.40. The minimum Gasteiger partial charge on any atom is -0.393 e. The monoisotopic (exact) mass is 361 g/mol. The Morgan fingerprint density at radius 3 is 2.48 bits per heavy atom. The Kier molecular flexibility index (Phi) is 8.38. The number of aliphatic hydroxyl groups is 1. The number of aromatic nitrogens is 1. The van der Waals surface area contributed by atoms with Crippen LogP contribution < -0.4 is 0 Å². The lowest BCUT2D eigenvalue weighted by Gasteiger charge is -2.13. The van der Waals surface area contributed by atoms with E-state index in [1.165, 1.54) is 57.6 Å². The van der Waals surface area contributed by atoms with Crippen LogP contribution in [0.5, 0.6) is 0 Å². The first-order chi connectivity index (χ1) is 12.1. The second kappa shape index (κ2) is 10.3. The lowest BCUT2D eigenvalue weighted by atomic mass is 9.95. The number of benzene rings is 1. The topological polar surface area (TPSA) is 33.1 Å². The molecule has 1 aromatic heterocycles. The Balaban J connectivity index is 2.00. The van der Waals surface area contributed by atoms with Gasteiger partial charge in [0.2, 0.25) is 0 Å². The van der Waals surface area contributed by atoms with Crippen LogP contribution in [0.2, 0.25) is 0 Å². The molecular weight excluding hydrogens is 326 g/mol. The molecule has 0 radical (unpaired) electrons. The summed E-state index contributed by atoms with van der Waals surface area (Å²) in [5, 5.41) is 11.6. The van der Waals surface area contributed by atoms with Crippen LogP contribution in [0.4, 0.5) is 0 Å². The van der Waals surface area contributed by atoms with Crippen molar-refractivity contribution < 1.29 is 5.11 Å². The molecule has 0 aliphatic rings. The summed E-state index contributed by atoms with van der Waals surface area (Å²) in [5.41, 5.74) is 5.25. The molecule has 3 heteroatoms. The molecule has 0 aliphatic heterocycles. The van der Waals surface area contributed by atoms with Crippen molar-refractivity contribution in [2.75, 3.05) is 0 Å². The Morgan fingerprint density at radius 1 is 1.00 bits per heavy atom. The van der Waals surface area contributed by atoms with Gasteiger partial charge in [-0.15, -0.1) is 11.3 Å². The minimum atomic E-state index is -0.176. The molecule has 0 spiro atoms. The molecule has 0 amide bonds. The molecule has 0 bridgehead atoms. The fraction of sp³-hybridized carbons (Fsp3) is 0.682. The van der Waals surface area contributed by atoms with Gasteiger partial charge >= 0.3 is 0 Å². The van der Waals surface area contributed by atoms with Gasteiger partial charge in [-0.25, -0.2) is 4.98 Å². The van der Waals surface area contributed by atoms with Gasteiger partial charge in [-0.3, -0.25) is 0 Å². The van der Waals surface area contributed by atoms with Crippen LogP contribution in [0.3, 0.4) is 0 Å². The third-order valence-electron chi connectivity index (χ3n) is 5.21. The SMILES string of the molecule is CCCCCCCC(O)CCc1c(C)c(C)cc2sc(CCC)nc12. The zero-order chi connectivity index (χ0) is 18.2. The van der Waals surface area contributed by atoms with Crippen LogP contribution in [0, 0.1) is 13.8 Å². The summed E-state index contributed by atoms with van der Waals surface area (Å²) in [7, 11) is 0. The molecule has 0 saturated carbocycles. The van der Waals surface area contributed by atoms with Crippen LogP contribution in [-0.4, -0.2) is 16.2 Å². The third kappa shape index (κ3) is 5.79. The predicted molar refractivity (Wildman–Crippen MR) is 111 cm³/mol. The zero-order valence-electron chi connectivity index (χ0n) is 16.5. The van der Waals surface area contributed by atoms with E-state index in [1.54, 1.807) is 0 Å². The largest absolute Gasteiger partial charge is 0.393 e. The van der Waals surface area contributed by atoms with Crippen LogP contribution in [-0.2, 0) is 12.8 Å². The summed E-state index contributed by atoms with van der Waals surface area (Å²) < 4.78 is 1.32. The molecule has 1 heterocycles. The molecule has 140 valence electrons. The standard InChI is InChI=1S/C22H35NOS/c1-5-7-8-9-10-12-18(24)13-14-19-17(4)16(3)15-20-22(19)23-21(25-20)11-6-2/h15,18,24H,5-14H2,1-4H3. The van der Waals surface area contributed by atoms with E-state index in [0.717, 1.165) is 38.5 Å². The van der Waals surface area contributed by atoms with E-state index in [1.807, 2.05) is 11.3 Å². The highest BCUT2D eigenvalue weighted by Crippen LogP contribution is 2.31. The molecule has 2 rings (SSSR count). The van der Waals surface area contributed by atoms with Gasteiger partial charge in [0.15, 0.2) is 0 Å². The smallest absolute Gasteiger partial charge is 0.0938 e. The fourth-order valence-electron chi connectivity index (χ4n) is 3.48. The summed E-state index contributed by atoms with van der Waals surface area (Å²) in [6.45, 7) is 8.85. The Morgan fingerprint density at radius 2 is 1.76 bits per heavy atom. The molecule has 0 fully saturated rings. The summed E-state index contributed by atoms with van der Waals surface area (Å²) >= 11 is 1.84. The predicted octanol–water partition coefficient (Wildman–Crippen LogP) is 6.52. The zero-order valence-corrected chi connectivity index (χ0v) is 17.3. The van der Waals surface area contributed by atoms with Crippen molar-refractivity contribution in [3.8, 4) is 0 Å². The van der Waals surface area contributed by atoms with Crippen LogP contribution in [0.15, 0.2) is 6.07 Å². The van der Waals surface area contributed by atoms with Crippen molar-refractivity contribution >= 4 is 21.6 Å². The molecule has 25 heavy (non-hydrogen) atoms. The van der Waals surface area contributed by atoms with E-state index in [4.69, 9.17) is 4.98 Å². The summed E-state index contributed by atoms with van der Waals surface area (Å²) in [6, 6.07) is 2.29. The van der Waals surface area contributed by atoms with Gasteiger partial charge in [0.25, 0.3) is 0 Å². The van der Waals surface area contributed by atoms with Gasteiger partial charge in [0, 0.05) is 0 Å². The quantitative estimate of drug-likeness (QED) is 0.462. The van der Waals surface area contributed by atoms with Gasteiger partial charge in [-0.1, -0.05) is 46.0 Å². The number of aliphatic hydroxyl groups excluding tert-OH is 1. The number of nitrogens with zero attached hydrogens (tertiary/aromatic N) is 1. The van der Waals surface area contributed by atoms with Gasteiger partial charge in [-0.2, -0.15) is 0 Å². The average molecular weight is 362 g/mol. The highest BCUT2D eigenvalue weighted by Gasteiger charge is 2.14. The normalized spacial score (nSPS) is 12.8. The molecule has 0 saturated heterocycles. The van der Waals surface area contributed by atoms with E-state index in [-0.39, 0.29) is 6.10 Å². The molecule has 1 unspecified atom stereocenters. The third-order valence-corrected chi connectivity index (χ3v) is 6.27. The van der Waals surface area contributed by atoms with E-state index < -0.39 is 0 Å². The molecule has 1 aromatic carbocycles. The maximum absolute atomic E-state index is 10.4. The lowest BCUT2D eigenvalue weighted by molar-refractivity contribution is 0.151. The number of rotatable bonds is 11. The maximum atomic E-state index is 10.4. The molecule has 2 aromatic rings. The first-order valence-electron chi connectivity index (χ1n) is 10.1. The fourth-order valence-corrected chi connectivity index (χ4v) is 4.68. The van der Waals surface area contributed by atoms with Gasteiger partial charge in [-0.05, 0) is 68.7 Å². The summed E-state index contributed by atoms with van der Waals surface area (Å²) in [5.74, 6) is 0. The van der Waals surface area contributed by atoms with Crippen molar-refractivity contribution in [1.29, 1.82) is 0 Å². The Bertz CT molecular complexity index is 662. The number of aryl methyl sites for hydroxylation is 3. The van der Waals surface area contributed by atoms with E-state index >= 15 is 0 Å². The molecule has 2 nitrogen and oxygen atoms in total. The van der Waals surface area contributed by atoms with Crippen LogP contribution >= 0.6 is 11.3 Å². The van der Waals surface area contributed by atoms with Gasteiger partial charge < -0.3 is 5.11 Å². The average Bonchev–Trinajstić information content (AvgIpc) is 2.97. The summed E-state index contributed by atoms with van der Waals surface area (Å²) in [4.78, 5) is 4.92. The number of thiazole rings is 1. The number of fused-ring (bicyclic) bond motifs is 1. The van der Waals surface area contributed by atoms with E-state index in [9.17, 15) is 5.11 Å². The van der Waals surface area contributed by atoms with Gasteiger partial charge in [0.1, 0.15) is 0 Å². The van der Waals surface area contributed by atoms with Crippen molar-refractivity contribution in [2.45, 2.75) is 98.0 Å². The lowest BCUT2D eigenvalue weighted by Crippen LogP contribution is -2.09. The van der Waals surface area contributed by atoms with E-state index in [2.05, 4.69) is 33.8 Å². The molecule has 1 atom stereocenters. The second-order valence-corrected chi connectivity index (χ2v) is 8.51. The van der Waals surface area contributed by atoms with Gasteiger partial charge in [0.05, 0.1) is 21.3 Å². The number of hydrogen-bond donors (Lipinski definition) is 1. The Hall–Kier alpha value is -0.930. The first-order valence-corrected chi connectivity index (χ1v) is 10.9. The van der Waals surface area contributed by atoms with Crippen LogP contribution in [0.25, 0.3) is 10.2 Å². The Labute approximate surface area is 157 Å². The summed E-state index contributed by atoms with van der Waals surface area (Å²) in [6.07, 6.45) is 11.1. The van der Waals surface area contributed by atoms with Crippen molar-refractivity contribution in [2.24, 2.45) is 0 Å². The molecule has 0 aliphatic carbocycles. The highest BCUT2D eigenvalue weighted by atomic mass is 32.1. The molecule has 1 N–H and O–H groups in total. The highest BCUT2D eigenvalue weighted by molar-refractivity contribution is 7.18. The number of unbranched alkanes of at least 4 members (excludes halogenated alkanes) is 4. The maximum Gasteiger partial charge on any atom is 0.0938 e. The van der Waals surface area contributed by atoms with Crippen molar-refractivity contribution in [3.05, 3.63) is 27.8 Å². The van der Waals surface area contributed by atoms with Crippen molar-refractivity contribution in [1.82, 2.24) is 4.98 Å². The first kappa shape index (κ1) is 20.4. The number of hydrogen-bond acceptors (Lipinski definition) is 3. The minimum absolute atomic E-state index is 0.176. The van der Waals surface area contributed by atoms with Crippen molar-refractivity contribution in [3.63, 3.8) is 0 Å². The molecular formula is C22H35NOS. The van der Waals surface area contributed by atoms with E-state index in [0.29, 0.717) is 0 Å². The van der Waals surface area contributed by atoms with Crippen LogP contribution in [0.1, 0.15) is 86.9 Å².